The first kappa shape index (κ1) is 12.2. The number of benzene rings is 1. The average Bonchev–Trinajstić information content (AvgIpc) is 3.03. The largest absolute Gasteiger partial charge is 0.372 e. The number of aromatic nitrogens is 4. The van der Waals surface area contributed by atoms with Gasteiger partial charge >= 0.3 is 0 Å². The van der Waals surface area contributed by atoms with Gasteiger partial charge in [-0.25, -0.2) is 4.68 Å². The fourth-order valence-electron chi connectivity index (χ4n) is 1.83. The van der Waals surface area contributed by atoms with E-state index in [0.717, 1.165) is 17.2 Å². The highest BCUT2D eigenvalue weighted by Crippen LogP contribution is 2.18. The van der Waals surface area contributed by atoms with Crippen LogP contribution in [0, 0.1) is 0 Å². The fraction of sp³-hybridized carbons (Fsp3) is 0.0714. The first-order valence-corrected chi connectivity index (χ1v) is 6.24. The van der Waals surface area contributed by atoms with Crippen LogP contribution in [0.5, 0.6) is 0 Å². The fourth-order valence-corrected chi connectivity index (χ4v) is 1.83. The van der Waals surface area contributed by atoms with Gasteiger partial charge in [0.05, 0.1) is 5.69 Å². The molecular weight excluding hydrogens is 252 g/mol. The van der Waals surface area contributed by atoms with E-state index >= 15 is 0 Å². The molecule has 0 atom stereocenters. The Bertz CT molecular complexity index is 675. The zero-order valence-corrected chi connectivity index (χ0v) is 11.0. The molecule has 3 aromatic rings. The summed E-state index contributed by atoms with van der Waals surface area (Å²) in [6, 6.07) is 13.6. The Kier molecular flexibility index (Phi) is 3.28. The lowest BCUT2D eigenvalue weighted by atomic mass is 10.2. The maximum Gasteiger partial charge on any atom is 0.153 e. The first-order chi connectivity index (χ1) is 9.85. The first-order valence-electron chi connectivity index (χ1n) is 6.24. The van der Waals surface area contributed by atoms with Crippen molar-refractivity contribution in [2.24, 2.45) is 0 Å². The van der Waals surface area contributed by atoms with Gasteiger partial charge in [-0.05, 0) is 36.4 Å². The van der Waals surface area contributed by atoms with Crippen LogP contribution in [0.1, 0.15) is 0 Å². The lowest BCUT2D eigenvalue weighted by Gasteiger charge is -2.08. The predicted octanol–water partition coefficient (Wildman–Crippen LogP) is 2.45. The van der Waals surface area contributed by atoms with Gasteiger partial charge in [0.25, 0.3) is 0 Å². The minimum absolute atomic E-state index is 0.696. The number of nitrogens with zero attached hydrogens (tertiary/aromatic N) is 4. The summed E-state index contributed by atoms with van der Waals surface area (Å²) in [5, 5.41) is 18.5. The molecule has 0 unspecified atom stereocenters. The molecule has 2 N–H and O–H groups in total. The lowest BCUT2D eigenvalue weighted by Crippen LogP contribution is -2.00. The molecule has 6 heteroatoms. The molecule has 0 aliphatic carbocycles. The second-order valence-electron chi connectivity index (χ2n) is 4.18. The highest BCUT2D eigenvalue weighted by atomic mass is 15.3. The van der Waals surface area contributed by atoms with Gasteiger partial charge in [-0.15, -0.1) is 10.2 Å². The van der Waals surface area contributed by atoms with Gasteiger partial charge in [-0.2, -0.15) is 5.10 Å². The Balaban J connectivity index is 1.82. The summed E-state index contributed by atoms with van der Waals surface area (Å²) in [6.45, 7) is 0. The topological polar surface area (TPSA) is 67.7 Å². The van der Waals surface area contributed by atoms with E-state index in [-0.39, 0.29) is 0 Å². The Morgan fingerprint density at radius 2 is 1.85 bits per heavy atom. The molecule has 20 heavy (non-hydrogen) atoms. The van der Waals surface area contributed by atoms with E-state index in [1.165, 1.54) is 0 Å². The molecule has 2 aromatic heterocycles. The molecule has 0 fully saturated rings. The maximum atomic E-state index is 4.21. The van der Waals surface area contributed by atoms with Crippen molar-refractivity contribution in [2.45, 2.75) is 0 Å². The second kappa shape index (κ2) is 5.40. The van der Waals surface area contributed by atoms with E-state index in [1.54, 1.807) is 10.9 Å². The highest BCUT2D eigenvalue weighted by molar-refractivity contribution is 5.59. The van der Waals surface area contributed by atoms with Gasteiger partial charge in [-0.1, -0.05) is 6.07 Å². The average molecular weight is 266 g/mol. The number of hydrogen-bond donors (Lipinski definition) is 2. The summed E-state index contributed by atoms with van der Waals surface area (Å²) in [6.07, 6.45) is 3.66. The Morgan fingerprint density at radius 1 is 1.00 bits per heavy atom. The molecule has 100 valence electrons. The Morgan fingerprint density at radius 3 is 2.55 bits per heavy atom. The van der Waals surface area contributed by atoms with E-state index in [0.29, 0.717) is 5.82 Å². The van der Waals surface area contributed by atoms with Crippen molar-refractivity contribution in [3.63, 3.8) is 0 Å². The van der Waals surface area contributed by atoms with Crippen LogP contribution >= 0.6 is 0 Å². The van der Waals surface area contributed by atoms with Crippen LogP contribution < -0.4 is 10.6 Å². The predicted molar refractivity (Wildman–Crippen MR) is 78.4 cm³/mol. The van der Waals surface area contributed by atoms with E-state index in [2.05, 4.69) is 25.9 Å². The van der Waals surface area contributed by atoms with Gasteiger partial charge in [0.2, 0.25) is 0 Å². The van der Waals surface area contributed by atoms with Crippen molar-refractivity contribution in [3.8, 4) is 5.69 Å². The molecule has 0 amide bonds. The summed E-state index contributed by atoms with van der Waals surface area (Å²) < 4.78 is 1.81. The minimum atomic E-state index is 0.696. The van der Waals surface area contributed by atoms with Gasteiger partial charge < -0.3 is 10.6 Å². The van der Waals surface area contributed by atoms with E-state index in [4.69, 9.17) is 0 Å². The number of hydrogen-bond acceptors (Lipinski definition) is 5. The SMILES string of the molecule is CNc1ccc(Nc2cccc(-n3cccn3)c2)nn1. The molecule has 0 saturated carbocycles. The van der Waals surface area contributed by atoms with Crippen molar-refractivity contribution in [3.05, 3.63) is 54.9 Å². The van der Waals surface area contributed by atoms with Crippen molar-refractivity contribution in [1.29, 1.82) is 0 Å². The lowest BCUT2D eigenvalue weighted by molar-refractivity contribution is 0.881. The van der Waals surface area contributed by atoms with Crippen LogP contribution in [0.25, 0.3) is 5.69 Å². The Labute approximate surface area is 116 Å². The molecule has 0 bridgehead atoms. The maximum absolute atomic E-state index is 4.21. The molecular formula is C14H14N6. The van der Waals surface area contributed by atoms with Crippen LogP contribution in [0.15, 0.2) is 54.9 Å². The van der Waals surface area contributed by atoms with Crippen LogP contribution in [0.2, 0.25) is 0 Å². The quantitative estimate of drug-likeness (QED) is 0.759. The molecule has 0 radical (unpaired) electrons. The van der Waals surface area contributed by atoms with Gasteiger partial charge in [0.15, 0.2) is 5.82 Å². The number of anilines is 3. The van der Waals surface area contributed by atoms with E-state index in [9.17, 15) is 0 Å². The van der Waals surface area contributed by atoms with Gasteiger partial charge in [0.1, 0.15) is 5.82 Å². The summed E-state index contributed by atoms with van der Waals surface area (Å²) in [7, 11) is 1.81. The van der Waals surface area contributed by atoms with Crippen LogP contribution in [0.3, 0.4) is 0 Å². The van der Waals surface area contributed by atoms with Crippen LogP contribution in [-0.4, -0.2) is 27.0 Å². The van der Waals surface area contributed by atoms with E-state index in [1.807, 2.05) is 55.7 Å². The third-order valence-corrected chi connectivity index (χ3v) is 2.81. The third kappa shape index (κ3) is 2.59. The molecule has 6 nitrogen and oxygen atoms in total. The summed E-state index contributed by atoms with van der Waals surface area (Å²) in [5.41, 5.74) is 1.92. The minimum Gasteiger partial charge on any atom is -0.372 e. The molecule has 0 spiro atoms. The molecule has 2 heterocycles. The standard InChI is InChI=1S/C14H14N6/c1-15-13-6-7-14(19-18-13)17-11-4-2-5-12(10-11)20-9-3-8-16-20/h2-10H,1H3,(H,15,18)(H,17,19). The smallest absolute Gasteiger partial charge is 0.153 e. The Hall–Kier alpha value is -2.89. The zero-order valence-electron chi connectivity index (χ0n) is 11.0. The van der Waals surface area contributed by atoms with Crippen molar-refractivity contribution >= 4 is 17.3 Å². The van der Waals surface area contributed by atoms with Gasteiger partial charge in [0, 0.05) is 25.1 Å². The highest BCUT2D eigenvalue weighted by Gasteiger charge is 2.00. The summed E-state index contributed by atoms with van der Waals surface area (Å²) in [5.74, 6) is 1.43. The molecule has 0 aliphatic heterocycles. The van der Waals surface area contributed by atoms with Crippen LogP contribution in [0.4, 0.5) is 17.3 Å². The monoisotopic (exact) mass is 266 g/mol. The molecule has 1 aromatic carbocycles. The summed E-state index contributed by atoms with van der Waals surface area (Å²) >= 11 is 0. The van der Waals surface area contributed by atoms with Gasteiger partial charge in [-0.3, -0.25) is 0 Å². The molecule has 3 rings (SSSR count). The van der Waals surface area contributed by atoms with E-state index < -0.39 is 0 Å². The van der Waals surface area contributed by atoms with Crippen LogP contribution in [-0.2, 0) is 0 Å². The molecule has 0 saturated heterocycles. The number of nitrogens with one attached hydrogen (secondary N) is 2. The second-order valence-corrected chi connectivity index (χ2v) is 4.18. The van der Waals surface area contributed by atoms with Crippen molar-refractivity contribution in [1.82, 2.24) is 20.0 Å². The number of rotatable bonds is 4. The van der Waals surface area contributed by atoms with Crippen molar-refractivity contribution < 1.29 is 0 Å². The normalized spacial score (nSPS) is 10.2. The molecule has 0 aliphatic rings. The van der Waals surface area contributed by atoms with Crippen molar-refractivity contribution in [2.75, 3.05) is 17.7 Å². The zero-order chi connectivity index (χ0) is 13.8. The third-order valence-electron chi connectivity index (χ3n) is 2.81. The summed E-state index contributed by atoms with van der Waals surface area (Å²) in [4.78, 5) is 0.